The van der Waals surface area contributed by atoms with Crippen LogP contribution in [0.2, 0.25) is 10.0 Å². The molecule has 1 N–H and O–H groups in total. The first kappa shape index (κ1) is 16.7. The molecule has 0 fully saturated rings. The maximum Gasteiger partial charge on any atom is 0.143 e. The highest BCUT2D eigenvalue weighted by molar-refractivity contribution is 6.35. The molecule has 0 bridgehead atoms. The van der Waals surface area contributed by atoms with Gasteiger partial charge < -0.3 is 10.1 Å². The Labute approximate surface area is 137 Å². The van der Waals surface area contributed by atoms with Crippen molar-refractivity contribution in [2.75, 3.05) is 6.54 Å². The Balaban J connectivity index is 2.13. The molecule has 0 aromatic heterocycles. The number of hydrogen-bond donors (Lipinski definition) is 1. The van der Waals surface area contributed by atoms with Crippen LogP contribution in [-0.4, -0.2) is 12.6 Å². The molecule has 0 saturated carbocycles. The summed E-state index contributed by atoms with van der Waals surface area (Å²) in [5.41, 5.74) is 1.02. The monoisotopic (exact) mass is 327 g/mol. The molecule has 1 aliphatic carbocycles. The molecule has 4 heteroatoms. The number of allylic oxidation sites excluding steroid dienone is 1. The van der Waals surface area contributed by atoms with Gasteiger partial charge in [0.15, 0.2) is 0 Å². The van der Waals surface area contributed by atoms with E-state index in [1.54, 1.807) is 6.07 Å². The van der Waals surface area contributed by atoms with E-state index in [1.165, 1.54) is 0 Å². The number of hydrogen-bond acceptors (Lipinski definition) is 2. The fraction of sp³-hybridized carbons (Fsp3) is 0.529. The lowest BCUT2D eigenvalue weighted by Crippen LogP contribution is -2.21. The average molecular weight is 328 g/mol. The zero-order valence-corrected chi connectivity index (χ0v) is 14.2. The molecule has 21 heavy (non-hydrogen) atoms. The first-order valence-electron chi connectivity index (χ1n) is 7.58. The molecule has 0 saturated heterocycles. The topological polar surface area (TPSA) is 21.3 Å². The summed E-state index contributed by atoms with van der Waals surface area (Å²) in [6, 6.07) is 3.68. The van der Waals surface area contributed by atoms with Crippen molar-refractivity contribution in [3.63, 3.8) is 0 Å². The summed E-state index contributed by atoms with van der Waals surface area (Å²) in [6.07, 6.45) is 7.74. The summed E-state index contributed by atoms with van der Waals surface area (Å²) in [4.78, 5) is 0. The summed E-state index contributed by atoms with van der Waals surface area (Å²) in [5.74, 6) is 1.36. The lowest BCUT2D eigenvalue weighted by Gasteiger charge is -2.22. The second-order valence-electron chi connectivity index (χ2n) is 5.92. The van der Waals surface area contributed by atoms with Crippen LogP contribution in [0.5, 0.6) is 5.75 Å². The largest absolute Gasteiger partial charge is 0.484 e. The number of nitrogens with one attached hydrogen (secondary N) is 1. The van der Waals surface area contributed by atoms with Crippen LogP contribution in [0.3, 0.4) is 0 Å². The Bertz CT molecular complexity index is 500. The standard InChI is InChI=1S/C17H23Cl2NO/c1-12(2)10-20-11-13-8-14(18)9-16(19)17(13)21-15-6-4-3-5-7-15/h4,6,8-9,12,15,20H,3,5,7,10-11H2,1-2H3. The van der Waals surface area contributed by atoms with Crippen LogP contribution < -0.4 is 10.1 Å². The maximum atomic E-state index is 6.33. The second kappa shape index (κ2) is 8.07. The molecule has 0 aliphatic heterocycles. The van der Waals surface area contributed by atoms with E-state index < -0.39 is 0 Å². The SMILES string of the molecule is CC(C)CNCc1cc(Cl)cc(Cl)c1OC1C=CCCC1. The molecular formula is C17H23Cl2NO. The van der Waals surface area contributed by atoms with Crippen LogP contribution in [0.15, 0.2) is 24.3 Å². The van der Waals surface area contributed by atoms with Crippen LogP contribution in [-0.2, 0) is 6.54 Å². The van der Waals surface area contributed by atoms with E-state index in [-0.39, 0.29) is 6.10 Å². The van der Waals surface area contributed by atoms with Crippen LogP contribution >= 0.6 is 23.2 Å². The molecule has 0 heterocycles. The van der Waals surface area contributed by atoms with Gasteiger partial charge in [-0.3, -0.25) is 0 Å². The highest BCUT2D eigenvalue weighted by Crippen LogP contribution is 2.34. The molecule has 1 unspecified atom stereocenters. The summed E-state index contributed by atoms with van der Waals surface area (Å²) >= 11 is 12.5. The van der Waals surface area contributed by atoms with Crippen molar-refractivity contribution >= 4 is 23.2 Å². The summed E-state index contributed by atoms with van der Waals surface area (Å²) in [5, 5.41) is 4.65. The van der Waals surface area contributed by atoms with E-state index in [1.807, 2.05) is 6.07 Å². The van der Waals surface area contributed by atoms with Gasteiger partial charge in [0.05, 0.1) is 5.02 Å². The molecule has 1 atom stereocenters. The predicted octanol–water partition coefficient (Wildman–Crippen LogP) is 5.23. The van der Waals surface area contributed by atoms with Gasteiger partial charge in [-0.2, -0.15) is 0 Å². The molecule has 116 valence electrons. The van der Waals surface area contributed by atoms with Gasteiger partial charge in [-0.05, 0) is 49.9 Å². The summed E-state index contributed by atoms with van der Waals surface area (Å²) in [7, 11) is 0. The minimum atomic E-state index is 0.112. The fourth-order valence-corrected chi connectivity index (χ4v) is 2.98. The Kier molecular flexibility index (Phi) is 6.40. The Morgan fingerprint density at radius 3 is 2.81 bits per heavy atom. The van der Waals surface area contributed by atoms with Crippen molar-refractivity contribution < 1.29 is 4.74 Å². The van der Waals surface area contributed by atoms with Gasteiger partial charge in [0.2, 0.25) is 0 Å². The first-order valence-corrected chi connectivity index (χ1v) is 8.34. The number of ether oxygens (including phenoxy) is 1. The Morgan fingerprint density at radius 1 is 1.33 bits per heavy atom. The molecule has 1 aromatic rings. The molecule has 1 aromatic carbocycles. The van der Waals surface area contributed by atoms with Gasteiger partial charge in [0, 0.05) is 17.1 Å². The van der Waals surface area contributed by atoms with Gasteiger partial charge in [0.25, 0.3) is 0 Å². The minimum Gasteiger partial charge on any atom is -0.484 e. The van der Waals surface area contributed by atoms with Gasteiger partial charge in [0.1, 0.15) is 11.9 Å². The molecule has 0 amide bonds. The quantitative estimate of drug-likeness (QED) is 0.722. The van der Waals surface area contributed by atoms with E-state index in [4.69, 9.17) is 27.9 Å². The van der Waals surface area contributed by atoms with Crippen LogP contribution in [0, 0.1) is 5.92 Å². The van der Waals surface area contributed by atoms with Crippen molar-refractivity contribution in [2.24, 2.45) is 5.92 Å². The smallest absolute Gasteiger partial charge is 0.143 e. The van der Waals surface area contributed by atoms with Crippen molar-refractivity contribution in [1.82, 2.24) is 5.32 Å². The van der Waals surface area contributed by atoms with Crippen molar-refractivity contribution in [3.8, 4) is 5.75 Å². The maximum absolute atomic E-state index is 6.33. The van der Waals surface area contributed by atoms with Gasteiger partial charge in [-0.1, -0.05) is 43.1 Å². The van der Waals surface area contributed by atoms with Crippen molar-refractivity contribution in [1.29, 1.82) is 0 Å². The molecule has 2 rings (SSSR count). The lowest BCUT2D eigenvalue weighted by molar-refractivity contribution is 0.227. The first-order chi connectivity index (χ1) is 10.1. The third-order valence-corrected chi connectivity index (χ3v) is 3.93. The Hall–Kier alpha value is -0.700. The van der Waals surface area contributed by atoms with E-state index in [0.29, 0.717) is 22.5 Å². The normalized spacial score (nSPS) is 18.2. The minimum absolute atomic E-state index is 0.112. The second-order valence-corrected chi connectivity index (χ2v) is 6.76. The highest BCUT2D eigenvalue weighted by atomic mass is 35.5. The summed E-state index contributed by atoms with van der Waals surface area (Å²) < 4.78 is 6.11. The average Bonchev–Trinajstić information content (AvgIpc) is 2.43. The molecule has 0 spiro atoms. The molecule has 1 aliphatic rings. The summed E-state index contributed by atoms with van der Waals surface area (Å²) in [6.45, 7) is 6.03. The van der Waals surface area contributed by atoms with Crippen LogP contribution in [0.4, 0.5) is 0 Å². The van der Waals surface area contributed by atoms with E-state index >= 15 is 0 Å². The number of benzene rings is 1. The zero-order valence-electron chi connectivity index (χ0n) is 12.7. The van der Waals surface area contributed by atoms with Gasteiger partial charge in [-0.25, -0.2) is 0 Å². The van der Waals surface area contributed by atoms with Crippen LogP contribution in [0.25, 0.3) is 0 Å². The molecular weight excluding hydrogens is 305 g/mol. The molecule has 2 nitrogen and oxygen atoms in total. The lowest BCUT2D eigenvalue weighted by atomic mass is 10.1. The van der Waals surface area contributed by atoms with Crippen molar-refractivity contribution in [2.45, 2.75) is 45.8 Å². The van der Waals surface area contributed by atoms with E-state index in [9.17, 15) is 0 Å². The number of halogens is 2. The highest BCUT2D eigenvalue weighted by Gasteiger charge is 2.16. The van der Waals surface area contributed by atoms with Gasteiger partial charge in [-0.15, -0.1) is 0 Å². The zero-order chi connectivity index (χ0) is 15.2. The molecule has 0 radical (unpaired) electrons. The fourth-order valence-electron chi connectivity index (χ4n) is 2.40. The van der Waals surface area contributed by atoms with E-state index in [2.05, 4.69) is 31.3 Å². The van der Waals surface area contributed by atoms with Crippen LogP contribution in [0.1, 0.15) is 38.7 Å². The van der Waals surface area contributed by atoms with E-state index in [0.717, 1.165) is 37.1 Å². The number of rotatable bonds is 6. The van der Waals surface area contributed by atoms with Gasteiger partial charge >= 0.3 is 0 Å². The van der Waals surface area contributed by atoms with Crippen molar-refractivity contribution in [3.05, 3.63) is 39.9 Å². The third-order valence-electron chi connectivity index (χ3n) is 3.43. The predicted molar refractivity (Wildman–Crippen MR) is 90.4 cm³/mol. The Morgan fingerprint density at radius 2 is 2.14 bits per heavy atom. The third kappa shape index (κ3) is 5.21.